The lowest BCUT2D eigenvalue weighted by molar-refractivity contribution is -0.121. The average Bonchev–Trinajstić information content (AvgIpc) is 3.19. The summed E-state index contributed by atoms with van der Waals surface area (Å²) in [6.07, 6.45) is 5.85. The van der Waals surface area contributed by atoms with Crippen molar-refractivity contribution in [1.82, 2.24) is 20.2 Å². The second-order valence-electron chi connectivity index (χ2n) is 7.16. The average molecular weight is 393 g/mol. The lowest BCUT2D eigenvalue weighted by atomic mass is 10.0. The van der Waals surface area contributed by atoms with Gasteiger partial charge >= 0.3 is 0 Å². The lowest BCUT2D eigenvalue weighted by Crippen LogP contribution is -2.44. The Hall–Kier alpha value is -2.57. The van der Waals surface area contributed by atoms with Gasteiger partial charge in [-0.2, -0.15) is 0 Å². The molecule has 4 rings (SSSR count). The number of benzene rings is 1. The number of thiazole rings is 1. The zero-order chi connectivity index (χ0) is 19.2. The third-order valence-corrected chi connectivity index (χ3v) is 5.96. The third kappa shape index (κ3) is 5.03. The molecule has 0 saturated carbocycles. The summed E-state index contributed by atoms with van der Waals surface area (Å²) in [6.45, 7) is 3.02. The number of piperidine rings is 1. The molecule has 1 amide bonds. The van der Waals surface area contributed by atoms with Gasteiger partial charge in [-0.1, -0.05) is 30.3 Å². The van der Waals surface area contributed by atoms with Gasteiger partial charge in [0.2, 0.25) is 5.91 Å². The first-order valence-corrected chi connectivity index (χ1v) is 10.5. The van der Waals surface area contributed by atoms with E-state index in [1.165, 1.54) is 5.56 Å². The highest BCUT2D eigenvalue weighted by molar-refractivity contribution is 7.13. The number of likely N-dealkylation sites (tertiary alicyclic amines) is 1. The van der Waals surface area contributed by atoms with E-state index in [1.807, 2.05) is 23.6 Å². The van der Waals surface area contributed by atoms with E-state index in [-0.39, 0.29) is 11.9 Å². The van der Waals surface area contributed by atoms with E-state index in [9.17, 15) is 4.79 Å². The molecule has 0 spiro atoms. The SMILES string of the molecule is O=C(Cc1csc(-c2ccncc2)n1)NC1CCN(Cc2ccccc2)CC1. The highest BCUT2D eigenvalue weighted by Gasteiger charge is 2.21. The molecule has 0 radical (unpaired) electrons. The van der Waals surface area contributed by atoms with E-state index >= 15 is 0 Å². The number of carbonyl (C=O) groups excluding carboxylic acids is 1. The van der Waals surface area contributed by atoms with Gasteiger partial charge in [-0.25, -0.2) is 4.98 Å². The summed E-state index contributed by atoms with van der Waals surface area (Å²) in [5.41, 5.74) is 3.21. The zero-order valence-electron chi connectivity index (χ0n) is 15.8. The second kappa shape index (κ2) is 9.08. The standard InChI is InChI=1S/C22H24N4OS/c27-21(14-20-16-28-22(25-20)18-6-10-23-11-7-18)24-19-8-12-26(13-9-19)15-17-4-2-1-3-5-17/h1-7,10-11,16,19H,8-9,12-15H2,(H,24,27). The maximum atomic E-state index is 12.4. The number of nitrogens with zero attached hydrogens (tertiary/aromatic N) is 3. The third-order valence-electron chi connectivity index (χ3n) is 5.02. The molecule has 5 nitrogen and oxygen atoms in total. The molecular formula is C22H24N4OS. The molecule has 3 aromatic rings. The van der Waals surface area contributed by atoms with Gasteiger partial charge in [-0.3, -0.25) is 14.7 Å². The second-order valence-corrected chi connectivity index (χ2v) is 8.02. The number of rotatable bonds is 6. The molecule has 1 aliphatic rings. The monoisotopic (exact) mass is 392 g/mol. The van der Waals surface area contributed by atoms with Gasteiger partial charge in [0.1, 0.15) is 5.01 Å². The Morgan fingerprint density at radius 3 is 2.61 bits per heavy atom. The number of pyridine rings is 1. The van der Waals surface area contributed by atoms with Crippen LogP contribution in [0.5, 0.6) is 0 Å². The van der Waals surface area contributed by atoms with Gasteiger partial charge in [-0.15, -0.1) is 11.3 Å². The first-order chi connectivity index (χ1) is 13.8. The van der Waals surface area contributed by atoms with Crippen molar-refractivity contribution in [2.75, 3.05) is 13.1 Å². The summed E-state index contributed by atoms with van der Waals surface area (Å²) in [7, 11) is 0. The molecule has 0 unspecified atom stereocenters. The molecule has 1 aliphatic heterocycles. The van der Waals surface area contributed by atoms with E-state index in [0.717, 1.165) is 48.7 Å². The maximum Gasteiger partial charge on any atom is 0.226 e. The predicted octanol–water partition coefficient (Wildman–Crippen LogP) is 3.53. The quantitative estimate of drug-likeness (QED) is 0.697. The number of nitrogens with one attached hydrogen (secondary N) is 1. The van der Waals surface area contributed by atoms with Gasteiger partial charge in [0.15, 0.2) is 0 Å². The Morgan fingerprint density at radius 1 is 1.11 bits per heavy atom. The highest BCUT2D eigenvalue weighted by atomic mass is 32.1. The molecule has 0 aliphatic carbocycles. The van der Waals surface area contributed by atoms with Crippen LogP contribution < -0.4 is 5.32 Å². The summed E-state index contributed by atoms with van der Waals surface area (Å²) in [4.78, 5) is 23.5. The molecule has 3 heterocycles. The topological polar surface area (TPSA) is 58.1 Å². The van der Waals surface area contributed by atoms with Gasteiger partial charge in [0.05, 0.1) is 12.1 Å². The Morgan fingerprint density at radius 2 is 1.86 bits per heavy atom. The van der Waals surface area contributed by atoms with Gasteiger partial charge in [-0.05, 0) is 30.5 Å². The summed E-state index contributed by atoms with van der Waals surface area (Å²) in [5.74, 6) is 0.0630. The minimum atomic E-state index is 0.0630. The van der Waals surface area contributed by atoms with Crippen LogP contribution in [0.2, 0.25) is 0 Å². The van der Waals surface area contributed by atoms with Gasteiger partial charge < -0.3 is 5.32 Å². The minimum absolute atomic E-state index is 0.0630. The minimum Gasteiger partial charge on any atom is -0.353 e. The molecule has 0 atom stereocenters. The smallest absolute Gasteiger partial charge is 0.226 e. The van der Waals surface area contributed by atoms with Crippen LogP contribution in [0, 0.1) is 0 Å². The largest absolute Gasteiger partial charge is 0.353 e. The normalized spacial score (nSPS) is 15.4. The molecule has 2 aromatic heterocycles. The van der Waals surface area contributed by atoms with Crippen molar-refractivity contribution in [3.05, 3.63) is 71.5 Å². The van der Waals surface area contributed by atoms with Gasteiger partial charge in [0.25, 0.3) is 0 Å². The van der Waals surface area contributed by atoms with Crippen molar-refractivity contribution in [3.63, 3.8) is 0 Å². The van der Waals surface area contributed by atoms with Gasteiger partial charge in [0, 0.05) is 49.0 Å². The van der Waals surface area contributed by atoms with E-state index in [0.29, 0.717) is 6.42 Å². The van der Waals surface area contributed by atoms with Crippen molar-refractivity contribution in [2.45, 2.75) is 31.8 Å². The van der Waals surface area contributed by atoms with Crippen LogP contribution >= 0.6 is 11.3 Å². The highest BCUT2D eigenvalue weighted by Crippen LogP contribution is 2.23. The van der Waals surface area contributed by atoms with Crippen molar-refractivity contribution < 1.29 is 4.79 Å². The molecular weight excluding hydrogens is 368 g/mol. The summed E-state index contributed by atoms with van der Waals surface area (Å²) in [6, 6.07) is 14.7. The first-order valence-electron chi connectivity index (χ1n) is 9.67. The number of hydrogen-bond donors (Lipinski definition) is 1. The molecule has 6 heteroatoms. The van der Waals surface area contributed by atoms with Crippen LogP contribution in [-0.2, 0) is 17.8 Å². The summed E-state index contributed by atoms with van der Waals surface area (Å²) >= 11 is 1.57. The van der Waals surface area contributed by atoms with Crippen LogP contribution in [-0.4, -0.2) is 39.9 Å². The van der Waals surface area contributed by atoms with Crippen LogP contribution in [0.4, 0.5) is 0 Å². The molecule has 1 aromatic carbocycles. The van der Waals surface area contributed by atoms with Crippen LogP contribution in [0.25, 0.3) is 10.6 Å². The number of amides is 1. The summed E-state index contributed by atoms with van der Waals surface area (Å²) in [5, 5.41) is 6.09. The van der Waals surface area contributed by atoms with E-state index in [1.54, 1.807) is 23.7 Å². The Bertz CT molecular complexity index is 889. The number of hydrogen-bond acceptors (Lipinski definition) is 5. The van der Waals surface area contributed by atoms with Crippen LogP contribution in [0.15, 0.2) is 60.2 Å². The molecule has 144 valence electrons. The predicted molar refractivity (Wildman–Crippen MR) is 112 cm³/mol. The molecule has 28 heavy (non-hydrogen) atoms. The molecule has 1 fully saturated rings. The lowest BCUT2D eigenvalue weighted by Gasteiger charge is -2.32. The first kappa shape index (κ1) is 18.8. The van der Waals surface area contributed by atoms with Crippen molar-refractivity contribution in [3.8, 4) is 10.6 Å². The maximum absolute atomic E-state index is 12.4. The molecule has 0 bridgehead atoms. The van der Waals surface area contributed by atoms with Crippen LogP contribution in [0.1, 0.15) is 24.1 Å². The van der Waals surface area contributed by atoms with Crippen LogP contribution in [0.3, 0.4) is 0 Å². The Labute approximate surface area is 169 Å². The summed E-state index contributed by atoms with van der Waals surface area (Å²) < 4.78 is 0. The van der Waals surface area contributed by atoms with Crippen molar-refractivity contribution in [1.29, 1.82) is 0 Å². The molecule has 1 N–H and O–H groups in total. The zero-order valence-corrected chi connectivity index (χ0v) is 16.6. The fourth-order valence-electron chi connectivity index (χ4n) is 3.54. The Kier molecular flexibility index (Phi) is 6.09. The fourth-order valence-corrected chi connectivity index (χ4v) is 4.36. The fraction of sp³-hybridized carbons (Fsp3) is 0.318. The number of carbonyl (C=O) groups is 1. The van der Waals surface area contributed by atoms with E-state index < -0.39 is 0 Å². The Balaban J connectivity index is 1.23. The number of aromatic nitrogens is 2. The van der Waals surface area contributed by atoms with E-state index in [2.05, 4.69) is 44.5 Å². The van der Waals surface area contributed by atoms with E-state index in [4.69, 9.17) is 0 Å². The van der Waals surface area contributed by atoms with Crippen molar-refractivity contribution >= 4 is 17.2 Å². The van der Waals surface area contributed by atoms with Crippen molar-refractivity contribution in [2.24, 2.45) is 0 Å². The molecule has 1 saturated heterocycles.